The molecule has 0 aliphatic carbocycles. The number of benzene rings is 4. The number of rotatable bonds is 10. The molecule has 1 aliphatic rings. The Bertz CT molecular complexity index is 1430. The number of piperidine rings is 1. The van der Waals surface area contributed by atoms with E-state index in [1.807, 2.05) is 108 Å². The highest BCUT2D eigenvalue weighted by Gasteiger charge is 2.23. The van der Waals surface area contributed by atoms with E-state index in [0.29, 0.717) is 18.0 Å². The minimum Gasteiger partial charge on any atom is -0.457 e. The maximum Gasteiger partial charge on any atom is 0.253 e. The summed E-state index contributed by atoms with van der Waals surface area (Å²) in [6.07, 6.45) is 2.01. The number of nitrogens with zero attached hydrogens (tertiary/aromatic N) is 1. The molecule has 4 aromatic carbocycles. The smallest absolute Gasteiger partial charge is 0.253 e. The van der Waals surface area contributed by atoms with Crippen LogP contribution >= 0.6 is 22.6 Å². The Labute approximate surface area is 255 Å². The highest BCUT2D eigenvalue weighted by molar-refractivity contribution is 14.1. The van der Waals surface area contributed by atoms with Gasteiger partial charge in [-0.15, -0.1) is 0 Å². The van der Waals surface area contributed by atoms with Crippen molar-refractivity contribution in [1.82, 2.24) is 15.5 Å². The molecule has 7 heteroatoms. The Morgan fingerprint density at radius 1 is 0.756 bits per heavy atom. The van der Waals surface area contributed by atoms with Crippen LogP contribution < -0.4 is 15.4 Å². The average molecular weight is 660 g/mol. The third-order valence-corrected chi connectivity index (χ3v) is 7.98. The number of ether oxygens (including phenoxy) is 1. The molecule has 0 aromatic heterocycles. The summed E-state index contributed by atoms with van der Waals surface area (Å²) in [5, 5.41) is 6.55. The zero-order valence-electron chi connectivity index (χ0n) is 22.9. The summed E-state index contributed by atoms with van der Waals surface area (Å²) in [5.41, 5.74) is 3.56. The first kappa shape index (κ1) is 28.8. The van der Waals surface area contributed by atoms with Crippen LogP contribution in [0.2, 0.25) is 0 Å². The van der Waals surface area contributed by atoms with Crippen molar-refractivity contribution in [2.75, 3.05) is 19.6 Å². The summed E-state index contributed by atoms with van der Waals surface area (Å²) in [6, 6.07) is 32.9. The predicted octanol–water partition coefficient (Wildman–Crippen LogP) is 6.66. The zero-order valence-corrected chi connectivity index (χ0v) is 25.0. The Hall–Kier alpha value is -3.69. The zero-order chi connectivity index (χ0) is 28.4. The Kier molecular flexibility index (Phi) is 10.0. The number of hydrogen-bond donors (Lipinski definition) is 2. The molecule has 210 valence electrons. The van der Waals surface area contributed by atoms with Gasteiger partial charge in [0.25, 0.3) is 11.8 Å². The van der Waals surface area contributed by atoms with Gasteiger partial charge in [-0.2, -0.15) is 0 Å². The quantitative estimate of drug-likeness (QED) is 0.187. The molecular formula is C34H34IN3O3. The summed E-state index contributed by atoms with van der Waals surface area (Å²) in [5.74, 6) is 2.14. The van der Waals surface area contributed by atoms with Gasteiger partial charge in [0, 0.05) is 40.9 Å². The van der Waals surface area contributed by atoms with Crippen LogP contribution in [0.1, 0.15) is 44.7 Å². The van der Waals surface area contributed by atoms with Crippen molar-refractivity contribution < 1.29 is 14.3 Å². The van der Waals surface area contributed by atoms with Crippen molar-refractivity contribution in [2.45, 2.75) is 25.9 Å². The van der Waals surface area contributed by atoms with Crippen molar-refractivity contribution in [2.24, 2.45) is 5.92 Å². The van der Waals surface area contributed by atoms with Crippen LogP contribution in [0.5, 0.6) is 11.5 Å². The SMILES string of the molecule is O=C(NCc1ccc(Oc2ccccc2)cc1)c1ccc(CNCC2CCN(C(=O)c3cccc(I)c3)CC2)cc1. The monoisotopic (exact) mass is 659 g/mol. The van der Waals surface area contributed by atoms with Gasteiger partial charge < -0.3 is 20.3 Å². The van der Waals surface area contributed by atoms with E-state index in [4.69, 9.17) is 4.74 Å². The van der Waals surface area contributed by atoms with Crippen molar-refractivity contribution in [3.63, 3.8) is 0 Å². The fourth-order valence-corrected chi connectivity index (χ4v) is 5.47. The summed E-state index contributed by atoms with van der Waals surface area (Å²) in [6.45, 7) is 3.71. The molecule has 1 fully saturated rings. The van der Waals surface area contributed by atoms with E-state index in [2.05, 4.69) is 33.2 Å². The van der Waals surface area contributed by atoms with Crippen molar-refractivity contribution >= 4 is 34.4 Å². The van der Waals surface area contributed by atoms with E-state index in [1.54, 1.807) is 0 Å². The number of amides is 2. The minimum absolute atomic E-state index is 0.0966. The van der Waals surface area contributed by atoms with E-state index in [-0.39, 0.29) is 11.8 Å². The van der Waals surface area contributed by atoms with Crippen LogP contribution in [0.25, 0.3) is 0 Å². The number of carbonyl (C=O) groups excluding carboxylic acids is 2. The van der Waals surface area contributed by atoms with Crippen LogP contribution in [0, 0.1) is 9.49 Å². The molecule has 4 aromatic rings. The minimum atomic E-state index is -0.0966. The van der Waals surface area contributed by atoms with E-state index in [1.165, 1.54) is 0 Å². The molecule has 1 aliphatic heterocycles. The molecule has 0 atom stereocenters. The first-order valence-electron chi connectivity index (χ1n) is 14.0. The topological polar surface area (TPSA) is 70.7 Å². The average Bonchev–Trinajstić information content (AvgIpc) is 3.01. The number of para-hydroxylation sites is 1. The summed E-state index contributed by atoms with van der Waals surface area (Å²) in [4.78, 5) is 27.4. The molecule has 1 saturated heterocycles. The van der Waals surface area contributed by atoms with Gasteiger partial charge in [0.05, 0.1) is 0 Å². The number of halogens is 1. The van der Waals surface area contributed by atoms with Gasteiger partial charge in [-0.05, 0) is 114 Å². The molecular weight excluding hydrogens is 625 g/mol. The molecule has 0 radical (unpaired) electrons. The maximum absolute atomic E-state index is 12.8. The lowest BCUT2D eigenvalue weighted by molar-refractivity contribution is 0.0689. The van der Waals surface area contributed by atoms with Crippen molar-refractivity contribution in [3.05, 3.63) is 129 Å². The number of hydrogen-bond acceptors (Lipinski definition) is 4. The molecule has 0 unspecified atom stereocenters. The molecule has 0 saturated carbocycles. The number of likely N-dealkylation sites (tertiary alicyclic amines) is 1. The summed E-state index contributed by atoms with van der Waals surface area (Å²) in [7, 11) is 0. The second-order valence-corrected chi connectivity index (χ2v) is 11.6. The Morgan fingerprint density at radius 2 is 1.41 bits per heavy atom. The standard InChI is InChI=1S/C34H34IN3O3/c35-30-6-4-5-29(21-30)34(40)38-19-17-27(18-20-38)23-36-22-25-9-13-28(14-10-25)33(39)37-24-26-11-15-32(16-12-26)41-31-7-2-1-3-8-31/h1-16,21,27,36H,17-20,22-24H2,(H,37,39). The van der Waals surface area contributed by atoms with Crippen LogP contribution in [0.4, 0.5) is 0 Å². The molecule has 5 rings (SSSR count). The molecule has 2 N–H and O–H groups in total. The van der Waals surface area contributed by atoms with Crippen LogP contribution in [0.15, 0.2) is 103 Å². The van der Waals surface area contributed by atoms with E-state index < -0.39 is 0 Å². The lowest BCUT2D eigenvalue weighted by atomic mass is 9.96. The molecule has 1 heterocycles. The van der Waals surface area contributed by atoms with E-state index >= 15 is 0 Å². The maximum atomic E-state index is 12.8. The lowest BCUT2D eigenvalue weighted by Crippen LogP contribution is -2.40. The Balaban J connectivity index is 1.00. The predicted molar refractivity (Wildman–Crippen MR) is 170 cm³/mol. The van der Waals surface area contributed by atoms with Crippen LogP contribution in [-0.4, -0.2) is 36.3 Å². The summed E-state index contributed by atoms with van der Waals surface area (Å²) < 4.78 is 6.91. The van der Waals surface area contributed by atoms with Crippen LogP contribution in [-0.2, 0) is 13.1 Å². The van der Waals surface area contributed by atoms with Gasteiger partial charge in [-0.25, -0.2) is 0 Å². The third-order valence-electron chi connectivity index (χ3n) is 7.31. The van der Waals surface area contributed by atoms with E-state index in [9.17, 15) is 9.59 Å². The Morgan fingerprint density at radius 3 is 2.12 bits per heavy atom. The van der Waals surface area contributed by atoms with Crippen molar-refractivity contribution in [3.8, 4) is 11.5 Å². The second-order valence-electron chi connectivity index (χ2n) is 10.3. The van der Waals surface area contributed by atoms with Gasteiger partial charge in [-0.1, -0.05) is 48.5 Å². The second kappa shape index (κ2) is 14.3. The lowest BCUT2D eigenvalue weighted by Gasteiger charge is -2.32. The van der Waals surface area contributed by atoms with Gasteiger partial charge in [-0.3, -0.25) is 9.59 Å². The van der Waals surface area contributed by atoms with Gasteiger partial charge >= 0.3 is 0 Å². The first-order valence-corrected chi connectivity index (χ1v) is 15.1. The van der Waals surface area contributed by atoms with Crippen LogP contribution in [0.3, 0.4) is 0 Å². The molecule has 0 spiro atoms. The van der Waals surface area contributed by atoms with Crippen molar-refractivity contribution in [1.29, 1.82) is 0 Å². The fourth-order valence-electron chi connectivity index (χ4n) is 4.92. The fraction of sp³-hybridized carbons (Fsp3) is 0.235. The van der Waals surface area contributed by atoms with Gasteiger partial charge in [0.15, 0.2) is 0 Å². The molecule has 6 nitrogen and oxygen atoms in total. The highest BCUT2D eigenvalue weighted by Crippen LogP contribution is 2.22. The molecule has 2 amide bonds. The number of carbonyl (C=O) groups is 2. The third kappa shape index (κ3) is 8.41. The molecule has 0 bridgehead atoms. The number of nitrogens with one attached hydrogen (secondary N) is 2. The van der Waals surface area contributed by atoms with Gasteiger partial charge in [0.1, 0.15) is 11.5 Å². The van der Waals surface area contributed by atoms with Gasteiger partial charge in [0.2, 0.25) is 0 Å². The largest absolute Gasteiger partial charge is 0.457 e. The molecule has 41 heavy (non-hydrogen) atoms. The summed E-state index contributed by atoms with van der Waals surface area (Å²) >= 11 is 2.24. The normalized spacial score (nSPS) is 13.5. The van der Waals surface area contributed by atoms with E-state index in [0.717, 1.165) is 70.8 Å². The highest BCUT2D eigenvalue weighted by atomic mass is 127. The first-order chi connectivity index (χ1) is 20.0.